The van der Waals surface area contributed by atoms with E-state index in [4.69, 9.17) is 15.7 Å². The molecule has 6 rings (SSSR count). The number of imidazole rings is 1. The Labute approximate surface area is 272 Å². The molecule has 5 heterocycles. The average Bonchev–Trinajstić information content (AvgIpc) is 3.45. The van der Waals surface area contributed by atoms with Crippen LogP contribution in [0.25, 0.3) is 33.3 Å². The summed E-state index contributed by atoms with van der Waals surface area (Å²) in [6.45, 7) is 4.93. The van der Waals surface area contributed by atoms with Crippen LogP contribution < -0.4 is 11.1 Å². The summed E-state index contributed by atoms with van der Waals surface area (Å²) in [6.07, 6.45) is 5.32. The first-order valence-electron chi connectivity index (χ1n) is 15.5. The van der Waals surface area contributed by atoms with E-state index >= 15 is 0 Å². The van der Waals surface area contributed by atoms with E-state index in [1.807, 2.05) is 44.4 Å². The lowest BCUT2D eigenvalue weighted by atomic mass is 10.00. The maximum absolute atomic E-state index is 12.9. The number of likely N-dealkylation sites (N-methyl/N-ethyl adjacent to an activating group) is 1. The molecule has 47 heavy (non-hydrogen) atoms. The maximum atomic E-state index is 12.9. The number of hydrogen-bond donors (Lipinski definition) is 2. The van der Waals surface area contributed by atoms with Gasteiger partial charge in [0.05, 0.1) is 23.6 Å². The summed E-state index contributed by atoms with van der Waals surface area (Å²) in [5.74, 6) is 5.91. The summed E-state index contributed by atoms with van der Waals surface area (Å²) >= 11 is 0. The number of amides is 3. The van der Waals surface area contributed by atoms with E-state index in [2.05, 4.69) is 44.7 Å². The molecule has 5 aromatic rings. The van der Waals surface area contributed by atoms with Crippen LogP contribution in [0.4, 0.5) is 0 Å². The SMILES string of the molecule is CCc1nc(-c2cccc3cc(-c4ccc(C(=O)NCCC#Cc5cccc(C(N)=O)n5)nc4)ncc23)c2n1C(CC)C(=O)N(C)C2. The lowest BCUT2D eigenvalue weighted by molar-refractivity contribution is -0.136. The molecule has 0 fully saturated rings. The van der Waals surface area contributed by atoms with Gasteiger partial charge in [-0.3, -0.25) is 24.4 Å². The van der Waals surface area contributed by atoms with Crippen LogP contribution in [-0.2, 0) is 17.8 Å². The second kappa shape index (κ2) is 13.2. The minimum atomic E-state index is -0.613. The quantitative estimate of drug-likeness (QED) is 0.193. The van der Waals surface area contributed by atoms with E-state index in [0.717, 1.165) is 51.2 Å². The molecule has 3 N–H and O–H groups in total. The highest BCUT2D eigenvalue weighted by Crippen LogP contribution is 2.37. The Bertz CT molecular complexity index is 2070. The molecule has 236 valence electrons. The number of pyridine rings is 3. The minimum Gasteiger partial charge on any atom is -0.364 e. The molecule has 1 aliphatic rings. The van der Waals surface area contributed by atoms with Gasteiger partial charge in [0.15, 0.2) is 0 Å². The summed E-state index contributed by atoms with van der Waals surface area (Å²) in [6, 6.07) is 16.3. The number of nitrogens with zero attached hydrogens (tertiary/aromatic N) is 6. The van der Waals surface area contributed by atoms with Crippen LogP contribution in [0.3, 0.4) is 0 Å². The molecular formula is C36H34N8O3. The van der Waals surface area contributed by atoms with Gasteiger partial charge in [-0.15, -0.1) is 0 Å². The number of aryl methyl sites for hydroxylation is 1. The number of carbonyl (C=O) groups is 3. The number of nitrogens with one attached hydrogen (secondary N) is 1. The van der Waals surface area contributed by atoms with Crippen molar-refractivity contribution in [2.45, 2.75) is 45.7 Å². The summed E-state index contributed by atoms with van der Waals surface area (Å²) in [5.41, 5.74) is 10.6. The van der Waals surface area contributed by atoms with Gasteiger partial charge >= 0.3 is 0 Å². The van der Waals surface area contributed by atoms with Crippen LogP contribution in [0.15, 0.2) is 67.0 Å². The van der Waals surface area contributed by atoms with Crippen molar-refractivity contribution in [2.24, 2.45) is 5.73 Å². The highest BCUT2D eigenvalue weighted by molar-refractivity contribution is 5.98. The van der Waals surface area contributed by atoms with Gasteiger partial charge in [-0.05, 0) is 48.1 Å². The number of benzene rings is 1. The van der Waals surface area contributed by atoms with Crippen molar-refractivity contribution in [3.05, 3.63) is 95.6 Å². The molecule has 4 aromatic heterocycles. The Hall–Kier alpha value is -5.89. The Balaban J connectivity index is 1.17. The molecule has 11 heteroatoms. The van der Waals surface area contributed by atoms with E-state index in [1.54, 1.807) is 29.3 Å². The number of carbonyl (C=O) groups excluding carboxylic acids is 3. The van der Waals surface area contributed by atoms with Crippen molar-refractivity contribution in [1.82, 2.24) is 34.7 Å². The van der Waals surface area contributed by atoms with Gasteiger partial charge in [-0.2, -0.15) is 0 Å². The van der Waals surface area contributed by atoms with Crippen molar-refractivity contribution in [3.8, 4) is 34.4 Å². The largest absolute Gasteiger partial charge is 0.364 e. The van der Waals surface area contributed by atoms with Crippen LogP contribution in [0, 0.1) is 11.8 Å². The standard InChI is InChI=1S/C36H34N8O3/c1-4-30-36(47)43(3)21-31-33(42-32(5-2)44(30)31)25-13-8-10-22-18-29(40-20-26(22)25)23-15-16-28(39-19-23)35(46)38-17-7-6-11-24-12-9-14-27(41-24)34(37)45/h8-10,12-16,18-20,30H,4-5,7,17,21H2,1-3H3,(H2,37,45)(H,38,46). The summed E-state index contributed by atoms with van der Waals surface area (Å²) in [7, 11) is 1.85. The topological polar surface area (TPSA) is 149 Å². The van der Waals surface area contributed by atoms with Gasteiger partial charge in [-0.1, -0.05) is 44.0 Å². The number of nitrogens with two attached hydrogens (primary N) is 1. The molecule has 0 saturated heterocycles. The monoisotopic (exact) mass is 626 g/mol. The highest BCUT2D eigenvalue weighted by atomic mass is 16.2. The third kappa shape index (κ3) is 6.18. The summed E-state index contributed by atoms with van der Waals surface area (Å²) < 4.78 is 2.14. The van der Waals surface area contributed by atoms with Crippen molar-refractivity contribution in [2.75, 3.05) is 13.6 Å². The van der Waals surface area contributed by atoms with Gasteiger partial charge in [-0.25, -0.2) is 9.97 Å². The average molecular weight is 627 g/mol. The fraction of sp³-hybridized carbons (Fsp3) is 0.250. The maximum Gasteiger partial charge on any atom is 0.269 e. The zero-order valence-corrected chi connectivity index (χ0v) is 26.4. The molecule has 1 aliphatic heterocycles. The number of aromatic nitrogens is 5. The van der Waals surface area contributed by atoms with E-state index in [-0.39, 0.29) is 29.2 Å². The summed E-state index contributed by atoms with van der Waals surface area (Å²) in [4.78, 5) is 56.9. The summed E-state index contributed by atoms with van der Waals surface area (Å²) in [5, 5.41) is 4.78. The molecule has 1 atom stereocenters. The number of primary amides is 1. The van der Waals surface area contributed by atoms with Crippen LogP contribution in [0.2, 0.25) is 0 Å². The second-order valence-electron chi connectivity index (χ2n) is 11.3. The molecule has 0 radical (unpaired) electrons. The Morgan fingerprint density at radius 2 is 1.85 bits per heavy atom. The van der Waals surface area contributed by atoms with Crippen molar-refractivity contribution in [1.29, 1.82) is 0 Å². The van der Waals surface area contributed by atoms with Crippen molar-refractivity contribution >= 4 is 28.5 Å². The first-order chi connectivity index (χ1) is 22.8. The fourth-order valence-corrected chi connectivity index (χ4v) is 5.87. The Morgan fingerprint density at radius 3 is 2.60 bits per heavy atom. The third-order valence-corrected chi connectivity index (χ3v) is 8.21. The molecule has 0 spiro atoms. The molecule has 1 aromatic carbocycles. The molecule has 0 saturated carbocycles. The molecule has 0 bridgehead atoms. The van der Waals surface area contributed by atoms with E-state index in [1.165, 1.54) is 6.07 Å². The Kier molecular flexibility index (Phi) is 8.75. The van der Waals surface area contributed by atoms with E-state index < -0.39 is 5.91 Å². The molecular weight excluding hydrogens is 592 g/mol. The van der Waals surface area contributed by atoms with Crippen molar-refractivity contribution < 1.29 is 14.4 Å². The number of rotatable bonds is 8. The van der Waals surface area contributed by atoms with Gasteiger partial charge < -0.3 is 20.5 Å². The number of hydrogen-bond acceptors (Lipinski definition) is 7. The number of fused-ring (bicyclic) bond motifs is 2. The first kappa shape index (κ1) is 31.1. The molecule has 3 amide bonds. The zero-order chi connectivity index (χ0) is 33.1. The van der Waals surface area contributed by atoms with E-state index in [9.17, 15) is 14.4 Å². The first-order valence-corrected chi connectivity index (χ1v) is 15.5. The van der Waals surface area contributed by atoms with Gasteiger partial charge in [0.25, 0.3) is 11.8 Å². The van der Waals surface area contributed by atoms with Crippen LogP contribution in [0.5, 0.6) is 0 Å². The lowest BCUT2D eigenvalue weighted by Gasteiger charge is -2.32. The second-order valence-corrected chi connectivity index (χ2v) is 11.3. The van der Waals surface area contributed by atoms with Gasteiger partial charge in [0.2, 0.25) is 5.91 Å². The highest BCUT2D eigenvalue weighted by Gasteiger charge is 2.34. The van der Waals surface area contributed by atoms with Crippen LogP contribution in [0.1, 0.15) is 70.9 Å². The molecule has 0 aliphatic carbocycles. The van der Waals surface area contributed by atoms with Crippen LogP contribution >= 0.6 is 0 Å². The third-order valence-electron chi connectivity index (χ3n) is 8.21. The normalized spacial score (nSPS) is 14.0. The smallest absolute Gasteiger partial charge is 0.269 e. The lowest BCUT2D eigenvalue weighted by Crippen LogP contribution is -2.40. The predicted octanol–water partition coefficient (Wildman–Crippen LogP) is 4.31. The van der Waals surface area contributed by atoms with Crippen LogP contribution in [-0.4, -0.2) is 60.7 Å². The van der Waals surface area contributed by atoms with Gasteiger partial charge in [0, 0.05) is 55.3 Å². The van der Waals surface area contributed by atoms with E-state index in [0.29, 0.717) is 31.6 Å². The molecule has 11 nitrogen and oxygen atoms in total. The molecule has 1 unspecified atom stereocenters. The Morgan fingerprint density at radius 1 is 1.02 bits per heavy atom. The van der Waals surface area contributed by atoms with Gasteiger partial charge in [0.1, 0.15) is 28.9 Å². The predicted molar refractivity (Wildman–Crippen MR) is 178 cm³/mol. The minimum absolute atomic E-state index is 0.119. The van der Waals surface area contributed by atoms with Crippen molar-refractivity contribution in [3.63, 3.8) is 0 Å². The zero-order valence-electron chi connectivity index (χ0n) is 26.4. The fourth-order valence-electron chi connectivity index (χ4n) is 5.87.